The molecule has 104 valence electrons. The van der Waals surface area contributed by atoms with Crippen LogP contribution in [0.25, 0.3) is 0 Å². The Bertz CT molecular complexity index is 536. The number of carbonyl (C=O) groups excluding carboxylic acids is 1. The second-order valence-corrected chi connectivity index (χ2v) is 5.17. The van der Waals surface area contributed by atoms with Crippen LogP contribution in [0.5, 0.6) is 0 Å². The van der Waals surface area contributed by atoms with Gasteiger partial charge in [0.25, 0.3) is 0 Å². The van der Waals surface area contributed by atoms with E-state index in [-0.39, 0.29) is 11.8 Å². The normalized spacial score (nSPS) is 17.6. The number of likely N-dealkylation sites (tertiary alicyclic amines) is 1. The number of hydrogen-bond acceptors (Lipinski definition) is 1. The predicted octanol–water partition coefficient (Wildman–Crippen LogP) is 3.63. The van der Waals surface area contributed by atoms with E-state index in [9.17, 15) is 4.79 Å². The molecule has 0 bridgehead atoms. The standard InChI is InChI=1S/C11H13NO.C7H8/c1-12-8-7-10(11(12)13)9-5-3-2-4-6-9;1-7-5-3-2-4-6-7/h2-6,10H,7-8H2,1H3;2-6H,1H3. The summed E-state index contributed by atoms with van der Waals surface area (Å²) in [6.45, 7) is 2.97. The number of hydrogen-bond donors (Lipinski definition) is 0. The fourth-order valence-electron chi connectivity index (χ4n) is 2.35. The lowest BCUT2D eigenvalue weighted by atomic mass is 9.98. The lowest BCUT2D eigenvalue weighted by Gasteiger charge is -2.09. The smallest absolute Gasteiger partial charge is 0.229 e. The zero-order valence-corrected chi connectivity index (χ0v) is 12.1. The van der Waals surface area contributed by atoms with Crippen molar-refractivity contribution < 1.29 is 4.79 Å². The molecule has 2 nitrogen and oxygen atoms in total. The van der Waals surface area contributed by atoms with Crippen LogP contribution in [0.3, 0.4) is 0 Å². The van der Waals surface area contributed by atoms with Crippen molar-refractivity contribution in [1.29, 1.82) is 0 Å². The van der Waals surface area contributed by atoms with Crippen molar-refractivity contribution >= 4 is 5.91 Å². The molecule has 20 heavy (non-hydrogen) atoms. The monoisotopic (exact) mass is 267 g/mol. The van der Waals surface area contributed by atoms with Gasteiger partial charge >= 0.3 is 0 Å². The van der Waals surface area contributed by atoms with E-state index >= 15 is 0 Å². The summed E-state index contributed by atoms with van der Waals surface area (Å²) >= 11 is 0. The molecular weight excluding hydrogens is 246 g/mol. The topological polar surface area (TPSA) is 20.3 Å². The maximum atomic E-state index is 11.6. The molecule has 2 aromatic carbocycles. The van der Waals surface area contributed by atoms with Gasteiger partial charge in [0.2, 0.25) is 5.91 Å². The van der Waals surface area contributed by atoms with Crippen LogP contribution in [-0.4, -0.2) is 24.4 Å². The Hall–Kier alpha value is -2.09. The highest BCUT2D eigenvalue weighted by Gasteiger charge is 2.29. The Morgan fingerprint density at radius 1 is 0.950 bits per heavy atom. The minimum atomic E-state index is 0.103. The third-order valence-corrected chi connectivity index (χ3v) is 3.57. The number of carbonyl (C=O) groups is 1. The third-order valence-electron chi connectivity index (χ3n) is 3.57. The van der Waals surface area contributed by atoms with Crippen LogP contribution in [0.1, 0.15) is 23.5 Å². The van der Waals surface area contributed by atoms with Crippen molar-refractivity contribution in [3.63, 3.8) is 0 Å². The van der Waals surface area contributed by atoms with Gasteiger partial charge in [-0.25, -0.2) is 0 Å². The van der Waals surface area contributed by atoms with Crippen LogP contribution >= 0.6 is 0 Å². The molecule has 2 aromatic rings. The largest absolute Gasteiger partial charge is 0.345 e. The molecule has 0 aliphatic carbocycles. The summed E-state index contributed by atoms with van der Waals surface area (Å²) in [5, 5.41) is 0. The minimum absolute atomic E-state index is 0.103. The van der Waals surface area contributed by atoms with Crippen molar-refractivity contribution in [2.75, 3.05) is 13.6 Å². The first-order chi connectivity index (χ1) is 9.68. The fraction of sp³-hybridized carbons (Fsp3) is 0.278. The summed E-state index contributed by atoms with van der Waals surface area (Å²) in [5.74, 6) is 0.359. The molecule has 0 radical (unpaired) electrons. The Morgan fingerprint density at radius 2 is 1.50 bits per heavy atom. The van der Waals surface area contributed by atoms with Crippen LogP contribution in [0.15, 0.2) is 60.7 Å². The molecule has 1 atom stereocenters. The van der Waals surface area contributed by atoms with Gasteiger partial charge in [-0.05, 0) is 18.9 Å². The van der Waals surface area contributed by atoms with Crippen molar-refractivity contribution in [3.8, 4) is 0 Å². The highest BCUT2D eigenvalue weighted by molar-refractivity contribution is 5.85. The summed E-state index contributed by atoms with van der Waals surface area (Å²) in [6, 6.07) is 20.3. The molecule has 1 heterocycles. The Balaban J connectivity index is 0.000000178. The Kier molecular flexibility index (Phi) is 4.94. The van der Waals surface area contributed by atoms with Gasteiger partial charge in [-0.1, -0.05) is 66.2 Å². The van der Waals surface area contributed by atoms with Crippen molar-refractivity contribution in [2.45, 2.75) is 19.3 Å². The summed E-state index contributed by atoms with van der Waals surface area (Å²) in [7, 11) is 1.87. The maximum absolute atomic E-state index is 11.6. The van der Waals surface area contributed by atoms with Crippen LogP contribution in [0, 0.1) is 6.92 Å². The van der Waals surface area contributed by atoms with E-state index in [1.54, 1.807) is 4.90 Å². The quantitative estimate of drug-likeness (QED) is 0.772. The molecule has 3 rings (SSSR count). The Labute approximate surface area is 121 Å². The van der Waals surface area contributed by atoms with Crippen LogP contribution in [0.4, 0.5) is 0 Å². The molecule has 1 fully saturated rings. The second kappa shape index (κ2) is 6.90. The summed E-state index contributed by atoms with van der Waals surface area (Å²) in [5.41, 5.74) is 2.47. The van der Waals surface area contributed by atoms with E-state index in [0.717, 1.165) is 18.5 Å². The van der Waals surface area contributed by atoms with Gasteiger partial charge in [0.05, 0.1) is 5.92 Å². The molecule has 1 saturated heterocycles. The van der Waals surface area contributed by atoms with Gasteiger partial charge in [0.15, 0.2) is 0 Å². The van der Waals surface area contributed by atoms with E-state index in [0.29, 0.717) is 0 Å². The summed E-state index contributed by atoms with van der Waals surface area (Å²) in [4.78, 5) is 13.4. The average molecular weight is 267 g/mol. The molecular formula is C18H21NO. The zero-order chi connectivity index (χ0) is 14.4. The molecule has 1 aliphatic heterocycles. The maximum Gasteiger partial charge on any atom is 0.229 e. The van der Waals surface area contributed by atoms with Gasteiger partial charge in [-0.3, -0.25) is 4.79 Å². The van der Waals surface area contributed by atoms with Crippen LogP contribution < -0.4 is 0 Å². The second-order valence-electron chi connectivity index (χ2n) is 5.17. The zero-order valence-electron chi connectivity index (χ0n) is 12.1. The van der Waals surface area contributed by atoms with Crippen molar-refractivity contribution in [2.24, 2.45) is 0 Å². The van der Waals surface area contributed by atoms with E-state index in [4.69, 9.17) is 0 Å². The van der Waals surface area contributed by atoms with Gasteiger partial charge in [0, 0.05) is 13.6 Å². The molecule has 0 N–H and O–H groups in total. The molecule has 0 saturated carbocycles. The van der Waals surface area contributed by atoms with Gasteiger partial charge in [-0.2, -0.15) is 0 Å². The SMILES string of the molecule is CN1CCC(c2ccccc2)C1=O.Cc1ccccc1. The molecule has 0 spiro atoms. The molecule has 1 unspecified atom stereocenters. The predicted molar refractivity (Wildman–Crippen MR) is 82.6 cm³/mol. The molecule has 0 aromatic heterocycles. The number of likely N-dealkylation sites (N-methyl/N-ethyl adjacent to an activating group) is 1. The van der Waals surface area contributed by atoms with E-state index in [1.165, 1.54) is 5.56 Å². The van der Waals surface area contributed by atoms with Crippen LogP contribution in [-0.2, 0) is 4.79 Å². The summed E-state index contributed by atoms with van der Waals surface area (Å²) < 4.78 is 0. The van der Waals surface area contributed by atoms with Crippen molar-refractivity contribution in [1.82, 2.24) is 4.90 Å². The van der Waals surface area contributed by atoms with Crippen molar-refractivity contribution in [3.05, 3.63) is 71.8 Å². The number of amides is 1. The number of benzene rings is 2. The number of rotatable bonds is 1. The Morgan fingerprint density at radius 3 is 1.90 bits per heavy atom. The lowest BCUT2D eigenvalue weighted by molar-refractivity contribution is -0.127. The van der Waals surface area contributed by atoms with Gasteiger partial charge in [0.1, 0.15) is 0 Å². The highest BCUT2D eigenvalue weighted by Crippen LogP contribution is 2.26. The van der Waals surface area contributed by atoms with Crippen LogP contribution in [0.2, 0.25) is 0 Å². The van der Waals surface area contributed by atoms with E-state index < -0.39 is 0 Å². The van der Waals surface area contributed by atoms with Gasteiger partial charge in [-0.15, -0.1) is 0 Å². The molecule has 1 amide bonds. The molecule has 1 aliphatic rings. The van der Waals surface area contributed by atoms with E-state index in [1.807, 2.05) is 55.6 Å². The fourth-order valence-corrected chi connectivity index (χ4v) is 2.35. The summed E-state index contributed by atoms with van der Waals surface area (Å²) in [6.07, 6.45) is 0.958. The first kappa shape index (κ1) is 14.3. The molecule has 2 heteroatoms. The third kappa shape index (κ3) is 3.70. The minimum Gasteiger partial charge on any atom is -0.345 e. The first-order valence-corrected chi connectivity index (χ1v) is 7.00. The van der Waals surface area contributed by atoms with E-state index in [2.05, 4.69) is 19.1 Å². The number of aryl methyl sites for hydroxylation is 1. The number of nitrogens with zero attached hydrogens (tertiary/aromatic N) is 1. The highest BCUT2D eigenvalue weighted by atomic mass is 16.2. The lowest BCUT2D eigenvalue weighted by Crippen LogP contribution is -2.21. The van der Waals surface area contributed by atoms with Gasteiger partial charge < -0.3 is 4.90 Å². The first-order valence-electron chi connectivity index (χ1n) is 7.00. The average Bonchev–Trinajstić information content (AvgIpc) is 2.81.